The lowest BCUT2D eigenvalue weighted by Crippen LogP contribution is -1.94. The molecule has 0 aromatic carbocycles. The third-order valence-electron chi connectivity index (χ3n) is 2.46. The van der Waals surface area contributed by atoms with Crippen molar-refractivity contribution in [3.63, 3.8) is 0 Å². The van der Waals surface area contributed by atoms with Crippen molar-refractivity contribution >= 4 is 23.2 Å². The molecule has 0 amide bonds. The van der Waals surface area contributed by atoms with E-state index in [-0.39, 0.29) is 0 Å². The van der Waals surface area contributed by atoms with Gasteiger partial charge in [-0.1, -0.05) is 23.9 Å². The van der Waals surface area contributed by atoms with Crippen molar-refractivity contribution in [2.75, 3.05) is 5.73 Å². The Hall–Kier alpha value is -2.08. The Kier molecular flexibility index (Phi) is 2.85. The topological polar surface area (TPSA) is 69.1 Å². The van der Waals surface area contributed by atoms with Gasteiger partial charge in [0.2, 0.25) is 0 Å². The molecule has 0 aliphatic carbocycles. The molecule has 0 fully saturated rings. The van der Waals surface area contributed by atoms with Gasteiger partial charge in [0.25, 0.3) is 0 Å². The average Bonchev–Trinajstić information content (AvgIpc) is 2.80. The Labute approximate surface area is 108 Å². The largest absolute Gasteiger partial charge is 0.384 e. The van der Waals surface area contributed by atoms with E-state index < -0.39 is 0 Å². The average molecular weight is 257 g/mol. The molecule has 0 aliphatic heterocycles. The third kappa shape index (κ3) is 2.14. The zero-order valence-corrected chi connectivity index (χ0v) is 10.3. The van der Waals surface area contributed by atoms with Gasteiger partial charge in [0.15, 0.2) is 10.8 Å². The van der Waals surface area contributed by atoms with E-state index in [4.69, 9.17) is 5.73 Å². The van der Waals surface area contributed by atoms with Crippen LogP contribution in [0.2, 0.25) is 0 Å². The molecule has 0 atom stereocenters. The first kappa shape index (κ1) is 11.0. The van der Waals surface area contributed by atoms with E-state index in [0.717, 1.165) is 22.3 Å². The van der Waals surface area contributed by atoms with Gasteiger partial charge < -0.3 is 5.73 Å². The van der Waals surface area contributed by atoms with Crippen LogP contribution in [-0.2, 0) is 5.75 Å². The lowest BCUT2D eigenvalue weighted by atomic mass is 10.4. The molecule has 3 rings (SSSR count). The van der Waals surface area contributed by atoms with E-state index in [1.54, 1.807) is 17.8 Å². The van der Waals surface area contributed by atoms with Crippen LogP contribution in [0.4, 0.5) is 5.82 Å². The van der Waals surface area contributed by atoms with E-state index in [2.05, 4.69) is 15.2 Å². The van der Waals surface area contributed by atoms with Crippen LogP contribution in [0.15, 0.2) is 47.8 Å². The Morgan fingerprint density at radius 1 is 1.11 bits per heavy atom. The first-order chi connectivity index (χ1) is 8.83. The molecular formula is C12H11N5S. The van der Waals surface area contributed by atoms with Crippen molar-refractivity contribution in [2.45, 2.75) is 10.9 Å². The fraction of sp³-hybridized carbons (Fsp3) is 0.0833. The molecule has 5 nitrogen and oxygen atoms in total. The van der Waals surface area contributed by atoms with E-state index in [1.807, 2.05) is 40.9 Å². The molecule has 0 bridgehead atoms. The van der Waals surface area contributed by atoms with Crippen molar-refractivity contribution in [3.8, 4) is 0 Å². The minimum atomic E-state index is 0.541. The van der Waals surface area contributed by atoms with Gasteiger partial charge in [0.1, 0.15) is 5.82 Å². The second kappa shape index (κ2) is 4.66. The van der Waals surface area contributed by atoms with Crippen molar-refractivity contribution in [2.24, 2.45) is 0 Å². The summed E-state index contributed by atoms with van der Waals surface area (Å²) in [6, 6.07) is 11.5. The second-order valence-electron chi connectivity index (χ2n) is 3.75. The van der Waals surface area contributed by atoms with Crippen LogP contribution in [0.3, 0.4) is 0 Å². The molecule has 6 heteroatoms. The van der Waals surface area contributed by atoms with Gasteiger partial charge in [-0.3, -0.25) is 4.40 Å². The van der Waals surface area contributed by atoms with Crippen LogP contribution in [-0.4, -0.2) is 19.6 Å². The molecule has 0 saturated carbocycles. The van der Waals surface area contributed by atoms with E-state index in [0.29, 0.717) is 5.82 Å². The number of thioether (sulfide) groups is 1. The highest BCUT2D eigenvalue weighted by Crippen LogP contribution is 2.20. The number of pyridine rings is 2. The number of anilines is 1. The molecule has 3 aromatic rings. The summed E-state index contributed by atoms with van der Waals surface area (Å²) in [5, 5.41) is 9.10. The zero-order chi connectivity index (χ0) is 12.4. The number of rotatable bonds is 3. The number of hydrogen-bond donors (Lipinski definition) is 1. The van der Waals surface area contributed by atoms with E-state index in [9.17, 15) is 0 Å². The lowest BCUT2D eigenvalue weighted by molar-refractivity contribution is 0.920. The molecule has 2 N–H and O–H groups in total. The van der Waals surface area contributed by atoms with E-state index in [1.165, 1.54) is 0 Å². The van der Waals surface area contributed by atoms with Gasteiger partial charge in [-0.2, -0.15) is 0 Å². The van der Waals surface area contributed by atoms with Crippen molar-refractivity contribution in [1.82, 2.24) is 19.6 Å². The summed E-state index contributed by atoms with van der Waals surface area (Å²) < 4.78 is 1.96. The predicted molar refractivity (Wildman–Crippen MR) is 71.2 cm³/mol. The summed E-state index contributed by atoms with van der Waals surface area (Å²) >= 11 is 1.59. The van der Waals surface area contributed by atoms with Crippen molar-refractivity contribution in [3.05, 3.63) is 48.3 Å². The van der Waals surface area contributed by atoms with Gasteiger partial charge in [-0.15, -0.1) is 10.2 Å². The summed E-state index contributed by atoms with van der Waals surface area (Å²) in [6.07, 6.45) is 1.95. The Morgan fingerprint density at radius 2 is 2.06 bits per heavy atom. The number of hydrogen-bond acceptors (Lipinski definition) is 5. The smallest absolute Gasteiger partial charge is 0.195 e. The van der Waals surface area contributed by atoms with Crippen LogP contribution < -0.4 is 5.73 Å². The summed E-state index contributed by atoms with van der Waals surface area (Å²) in [4.78, 5) is 4.25. The summed E-state index contributed by atoms with van der Waals surface area (Å²) in [6.45, 7) is 0. The Balaban J connectivity index is 1.81. The molecule has 0 unspecified atom stereocenters. The molecule has 0 saturated heterocycles. The number of nitrogen functional groups attached to an aromatic ring is 1. The van der Waals surface area contributed by atoms with Gasteiger partial charge >= 0.3 is 0 Å². The molecule has 0 aliphatic rings. The minimum absolute atomic E-state index is 0.541. The van der Waals surface area contributed by atoms with Crippen LogP contribution in [0.25, 0.3) is 5.65 Å². The summed E-state index contributed by atoms with van der Waals surface area (Å²) in [5.74, 6) is 1.26. The monoisotopic (exact) mass is 257 g/mol. The molecule has 0 radical (unpaired) electrons. The van der Waals surface area contributed by atoms with Crippen LogP contribution in [0.5, 0.6) is 0 Å². The molecule has 90 valence electrons. The van der Waals surface area contributed by atoms with Crippen LogP contribution in [0.1, 0.15) is 5.69 Å². The predicted octanol–water partition coefficient (Wildman–Crippen LogP) is 2.00. The highest BCUT2D eigenvalue weighted by molar-refractivity contribution is 7.98. The van der Waals surface area contributed by atoms with Gasteiger partial charge in [0, 0.05) is 11.9 Å². The minimum Gasteiger partial charge on any atom is -0.384 e. The quantitative estimate of drug-likeness (QED) is 0.727. The third-order valence-corrected chi connectivity index (χ3v) is 3.44. The summed E-state index contributed by atoms with van der Waals surface area (Å²) in [5.41, 5.74) is 7.43. The second-order valence-corrected chi connectivity index (χ2v) is 4.70. The highest BCUT2D eigenvalue weighted by atomic mass is 32.2. The fourth-order valence-corrected chi connectivity index (χ4v) is 2.46. The molecule has 3 aromatic heterocycles. The standard InChI is InChI=1S/C12H11N5S/c13-10-5-3-4-9(14-10)8-18-12-16-15-11-6-1-2-7-17(11)12/h1-7H,8H2,(H2,13,14). The molecule has 0 spiro atoms. The number of nitrogens with zero attached hydrogens (tertiary/aromatic N) is 4. The number of nitrogens with two attached hydrogens (primary N) is 1. The molecular weight excluding hydrogens is 246 g/mol. The molecule has 3 heterocycles. The van der Waals surface area contributed by atoms with Crippen molar-refractivity contribution < 1.29 is 0 Å². The van der Waals surface area contributed by atoms with Gasteiger partial charge in [-0.25, -0.2) is 4.98 Å². The van der Waals surface area contributed by atoms with Gasteiger partial charge in [0.05, 0.1) is 5.69 Å². The lowest BCUT2D eigenvalue weighted by Gasteiger charge is -2.00. The van der Waals surface area contributed by atoms with Gasteiger partial charge in [-0.05, 0) is 24.3 Å². The number of fused-ring (bicyclic) bond motifs is 1. The normalized spacial score (nSPS) is 10.9. The fourth-order valence-electron chi connectivity index (χ4n) is 1.63. The first-order valence-electron chi connectivity index (χ1n) is 5.47. The maximum atomic E-state index is 5.64. The maximum Gasteiger partial charge on any atom is 0.195 e. The maximum absolute atomic E-state index is 5.64. The van der Waals surface area contributed by atoms with Crippen molar-refractivity contribution in [1.29, 1.82) is 0 Å². The van der Waals surface area contributed by atoms with E-state index >= 15 is 0 Å². The van der Waals surface area contributed by atoms with Crippen LogP contribution in [0, 0.1) is 0 Å². The SMILES string of the molecule is Nc1cccc(CSc2nnc3ccccn23)n1. The zero-order valence-electron chi connectivity index (χ0n) is 9.52. The number of aromatic nitrogens is 4. The van der Waals surface area contributed by atoms with Crippen LogP contribution >= 0.6 is 11.8 Å². The highest BCUT2D eigenvalue weighted by Gasteiger charge is 2.05. The first-order valence-corrected chi connectivity index (χ1v) is 6.45. The Bertz CT molecular complexity index is 679. The summed E-state index contributed by atoms with van der Waals surface area (Å²) in [7, 11) is 0. The Morgan fingerprint density at radius 3 is 2.94 bits per heavy atom. The molecule has 18 heavy (non-hydrogen) atoms.